The molecule has 0 aromatic carbocycles. The Bertz CT molecular complexity index is 221. The summed E-state index contributed by atoms with van der Waals surface area (Å²) >= 11 is 0. The number of rotatable bonds is 8. The van der Waals surface area contributed by atoms with Gasteiger partial charge >= 0.3 is 5.97 Å². The molecule has 0 aromatic heterocycles. The van der Waals surface area contributed by atoms with Crippen molar-refractivity contribution in [3.8, 4) is 0 Å². The third-order valence-corrected chi connectivity index (χ3v) is 2.26. The number of hydrogen-bond donors (Lipinski definition) is 2. The van der Waals surface area contributed by atoms with E-state index in [9.17, 15) is 9.90 Å². The van der Waals surface area contributed by atoms with Crippen molar-refractivity contribution in [2.75, 3.05) is 0 Å². The average molecular weight is 212 g/mol. The molecule has 3 heteroatoms. The van der Waals surface area contributed by atoms with E-state index in [4.69, 9.17) is 5.11 Å². The highest BCUT2D eigenvalue weighted by Crippen LogP contribution is 2.14. The number of aliphatic hydroxyl groups is 1. The second kappa shape index (κ2) is 8.24. The summed E-state index contributed by atoms with van der Waals surface area (Å²) < 4.78 is 0. The maximum atomic E-state index is 10.8. The Balaban J connectivity index is 4.16. The lowest BCUT2D eigenvalue weighted by Gasteiger charge is -2.15. The minimum Gasteiger partial charge on any atom is -0.481 e. The minimum atomic E-state index is -0.989. The summed E-state index contributed by atoms with van der Waals surface area (Å²) in [5.41, 5.74) is 0. The molecule has 0 aliphatic carbocycles. The summed E-state index contributed by atoms with van der Waals surface area (Å²) in [6, 6.07) is 0. The van der Waals surface area contributed by atoms with Crippen LogP contribution in [0.5, 0.6) is 0 Å². The van der Waals surface area contributed by atoms with Crippen molar-refractivity contribution in [3.05, 3.63) is 24.8 Å². The molecule has 0 radical (unpaired) electrons. The fourth-order valence-electron chi connectivity index (χ4n) is 1.36. The van der Waals surface area contributed by atoms with Crippen molar-refractivity contribution in [2.45, 2.75) is 38.7 Å². The molecule has 0 rings (SSSR count). The summed E-state index contributed by atoms with van der Waals surface area (Å²) in [6.45, 7) is 5.53. The van der Waals surface area contributed by atoms with Gasteiger partial charge in [0.25, 0.3) is 0 Å². The molecular weight excluding hydrogens is 192 g/mol. The van der Waals surface area contributed by atoms with Crippen molar-refractivity contribution in [2.24, 2.45) is 5.92 Å². The minimum absolute atomic E-state index is 0.534. The van der Waals surface area contributed by atoms with E-state index >= 15 is 0 Å². The van der Waals surface area contributed by atoms with Gasteiger partial charge in [0, 0.05) is 0 Å². The SMILES string of the molecule is C=C/C=C/[C@@H](C(=O)O)[C@@H](O)CCCCC. The van der Waals surface area contributed by atoms with Gasteiger partial charge < -0.3 is 10.2 Å². The van der Waals surface area contributed by atoms with Crippen LogP contribution in [0.2, 0.25) is 0 Å². The number of aliphatic hydroxyl groups excluding tert-OH is 1. The number of carboxylic acid groups (broad SMARTS) is 1. The quantitative estimate of drug-likeness (QED) is 0.479. The predicted octanol–water partition coefficient (Wildman–Crippen LogP) is 2.37. The highest BCUT2D eigenvalue weighted by molar-refractivity contribution is 5.72. The Morgan fingerprint density at radius 2 is 2.13 bits per heavy atom. The van der Waals surface area contributed by atoms with Crippen LogP contribution in [0.1, 0.15) is 32.6 Å². The molecule has 0 unspecified atom stereocenters. The third kappa shape index (κ3) is 6.07. The summed E-state index contributed by atoms with van der Waals surface area (Å²) in [6.07, 6.45) is 7.23. The van der Waals surface area contributed by atoms with Gasteiger partial charge in [-0.2, -0.15) is 0 Å². The lowest BCUT2D eigenvalue weighted by atomic mass is 9.97. The second-order valence-corrected chi connectivity index (χ2v) is 3.55. The van der Waals surface area contributed by atoms with Gasteiger partial charge in [0.1, 0.15) is 5.92 Å². The van der Waals surface area contributed by atoms with Crippen molar-refractivity contribution < 1.29 is 15.0 Å². The molecule has 2 atom stereocenters. The van der Waals surface area contributed by atoms with Crippen LogP contribution in [0.4, 0.5) is 0 Å². The molecule has 0 spiro atoms. The fraction of sp³-hybridized carbons (Fsp3) is 0.583. The molecule has 0 aliphatic heterocycles. The largest absolute Gasteiger partial charge is 0.481 e. The molecule has 0 aliphatic rings. The number of aliphatic carboxylic acids is 1. The van der Waals surface area contributed by atoms with Gasteiger partial charge in [0.2, 0.25) is 0 Å². The molecule has 0 saturated carbocycles. The van der Waals surface area contributed by atoms with Gasteiger partial charge in [0.05, 0.1) is 6.10 Å². The van der Waals surface area contributed by atoms with Crippen molar-refractivity contribution >= 4 is 5.97 Å². The molecule has 15 heavy (non-hydrogen) atoms. The Hall–Kier alpha value is -1.09. The molecule has 0 fully saturated rings. The Morgan fingerprint density at radius 1 is 1.47 bits per heavy atom. The lowest BCUT2D eigenvalue weighted by molar-refractivity contribution is -0.143. The maximum Gasteiger partial charge on any atom is 0.313 e. The van der Waals surface area contributed by atoms with Crippen LogP contribution in [-0.4, -0.2) is 22.3 Å². The number of carboxylic acids is 1. The Kier molecular flexibility index (Phi) is 7.64. The van der Waals surface area contributed by atoms with Gasteiger partial charge in [-0.25, -0.2) is 0 Å². The first-order valence-electron chi connectivity index (χ1n) is 5.33. The topological polar surface area (TPSA) is 57.5 Å². The molecule has 2 N–H and O–H groups in total. The molecule has 0 saturated heterocycles. The highest BCUT2D eigenvalue weighted by atomic mass is 16.4. The van der Waals surface area contributed by atoms with Gasteiger partial charge in [0.15, 0.2) is 0 Å². The van der Waals surface area contributed by atoms with Crippen LogP contribution in [0.15, 0.2) is 24.8 Å². The number of hydrogen-bond acceptors (Lipinski definition) is 2. The molecule has 86 valence electrons. The Labute approximate surface area is 91.1 Å². The monoisotopic (exact) mass is 212 g/mol. The summed E-state index contributed by atoms with van der Waals surface area (Å²) in [5.74, 6) is -1.81. The van der Waals surface area contributed by atoms with E-state index in [1.807, 2.05) is 0 Å². The smallest absolute Gasteiger partial charge is 0.313 e. The molecule has 3 nitrogen and oxygen atoms in total. The average Bonchev–Trinajstić information content (AvgIpc) is 2.18. The van der Waals surface area contributed by atoms with Gasteiger partial charge in [-0.1, -0.05) is 51.0 Å². The zero-order valence-electron chi connectivity index (χ0n) is 9.22. The van der Waals surface area contributed by atoms with E-state index < -0.39 is 18.0 Å². The van der Waals surface area contributed by atoms with E-state index in [0.717, 1.165) is 19.3 Å². The standard InChI is InChI=1S/C12H20O3/c1-3-5-7-9-11(13)10(12(14)15)8-6-4-2/h4,6,8,10-11,13H,2-3,5,7,9H2,1H3,(H,14,15)/b8-6+/t10-,11+/m1/s1. The number of allylic oxidation sites excluding steroid dienone is 2. The molecule has 0 aromatic rings. The first-order chi connectivity index (χ1) is 7.13. The van der Waals surface area contributed by atoms with Crippen molar-refractivity contribution in [1.29, 1.82) is 0 Å². The van der Waals surface area contributed by atoms with Crippen LogP contribution in [0.3, 0.4) is 0 Å². The molecule has 0 bridgehead atoms. The maximum absolute atomic E-state index is 10.8. The van der Waals surface area contributed by atoms with E-state index in [1.54, 1.807) is 6.08 Å². The van der Waals surface area contributed by atoms with E-state index in [-0.39, 0.29) is 0 Å². The fourth-order valence-corrected chi connectivity index (χ4v) is 1.36. The van der Waals surface area contributed by atoms with Crippen molar-refractivity contribution in [3.63, 3.8) is 0 Å². The van der Waals surface area contributed by atoms with E-state index in [1.165, 1.54) is 12.2 Å². The molecular formula is C12H20O3. The van der Waals surface area contributed by atoms with Crippen LogP contribution in [-0.2, 0) is 4.79 Å². The zero-order valence-corrected chi connectivity index (χ0v) is 9.22. The highest BCUT2D eigenvalue weighted by Gasteiger charge is 2.22. The van der Waals surface area contributed by atoms with Crippen molar-refractivity contribution in [1.82, 2.24) is 0 Å². The van der Waals surface area contributed by atoms with Gasteiger partial charge in [-0.05, 0) is 6.42 Å². The summed E-state index contributed by atoms with van der Waals surface area (Å²) in [5, 5.41) is 18.5. The van der Waals surface area contributed by atoms with Gasteiger partial charge in [-0.15, -0.1) is 0 Å². The number of unbranched alkanes of at least 4 members (excludes halogenated alkanes) is 2. The van der Waals surface area contributed by atoms with Crippen LogP contribution in [0, 0.1) is 5.92 Å². The normalized spacial score (nSPS) is 15.1. The number of carbonyl (C=O) groups is 1. The predicted molar refractivity (Wildman–Crippen MR) is 60.6 cm³/mol. The van der Waals surface area contributed by atoms with Gasteiger partial charge in [-0.3, -0.25) is 4.79 Å². The van der Waals surface area contributed by atoms with E-state index in [2.05, 4.69) is 13.5 Å². The first kappa shape index (κ1) is 13.9. The summed E-state index contributed by atoms with van der Waals surface area (Å²) in [4.78, 5) is 10.8. The third-order valence-electron chi connectivity index (χ3n) is 2.26. The van der Waals surface area contributed by atoms with E-state index in [0.29, 0.717) is 6.42 Å². The summed E-state index contributed by atoms with van der Waals surface area (Å²) in [7, 11) is 0. The second-order valence-electron chi connectivity index (χ2n) is 3.55. The first-order valence-corrected chi connectivity index (χ1v) is 5.33. The molecule has 0 heterocycles. The molecule has 0 amide bonds. The zero-order chi connectivity index (χ0) is 11.7. The van der Waals surface area contributed by atoms with Crippen LogP contribution < -0.4 is 0 Å². The lowest BCUT2D eigenvalue weighted by Crippen LogP contribution is -2.26. The Morgan fingerprint density at radius 3 is 2.60 bits per heavy atom. The van der Waals surface area contributed by atoms with Crippen LogP contribution >= 0.6 is 0 Å². The van der Waals surface area contributed by atoms with Crippen LogP contribution in [0.25, 0.3) is 0 Å².